The molecule has 1 aliphatic rings. The number of thioether (sulfide) groups is 1. The van der Waals surface area contributed by atoms with Gasteiger partial charge in [-0.3, -0.25) is 0 Å². The standard InChI is InChI=1S/C10H10N2S/c1-7-8-5-3-4-6-9(8)13-10(7)12-11-2/h3-7H,2H2,1H3/b12-10-. The largest absolute Gasteiger partial charge is 0.166 e. The van der Waals surface area contributed by atoms with Crippen molar-refractivity contribution >= 4 is 23.5 Å². The molecule has 0 N–H and O–H groups in total. The van der Waals surface area contributed by atoms with Crippen molar-refractivity contribution in [1.82, 2.24) is 0 Å². The highest BCUT2D eigenvalue weighted by Gasteiger charge is 2.25. The molecule has 0 amide bonds. The quantitative estimate of drug-likeness (QED) is 0.493. The molecule has 13 heavy (non-hydrogen) atoms. The Hall–Kier alpha value is -1.09. The Labute approximate surface area is 81.8 Å². The number of hydrogen-bond donors (Lipinski definition) is 0. The first kappa shape index (κ1) is 8.51. The van der Waals surface area contributed by atoms with Crippen molar-refractivity contribution in [2.75, 3.05) is 0 Å². The minimum absolute atomic E-state index is 0.367. The molecule has 0 aromatic heterocycles. The first-order valence-electron chi connectivity index (χ1n) is 4.13. The molecule has 1 heterocycles. The highest BCUT2D eigenvalue weighted by Crippen LogP contribution is 2.41. The van der Waals surface area contributed by atoms with Crippen LogP contribution in [-0.4, -0.2) is 11.8 Å². The molecular formula is C10H10N2S. The van der Waals surface area contributed by atoms with Crippen molar-refractivity contribution in [3.05, 3.63) is 29.8 Å². The molecular weight excluding hydrogens is 180 g/mol. The van der Waals surface area contributed by atoms with Crippen LogP contribution in [-0.2, 0) is 0 Å². The fourth-order valence-electron chi connectivity index (χ4n) is 1.44. The lowest BCUT2D eigenvalue weighted by molar-refractivity contribution is 1.00. The van der Waals surface area contributed by atoms with E-state index < -0.39 is 0 Å². The monoisotopic (exact) mass is 190 g/mol. The summed E-state index contributed by atoms with van der Waals surface area (Å²) in [5.41, 5.74) is 1.34. The van der Waals surface area contributed by atoms with Crippen molar-refractivity contribution in [2.24, 2.45) is 10.2 Å². The molecule has 0 aliphatic carbocycles. The van der Waals surface area contributed by atoms with Gasteiger partial charge in [-0.1, -0.05) is 36.9 Å². The summed E-state index contributed by atoms with van der Waals surface area (Å²) in [5.74, 6) is 0.367. The molecule has 0 fully saturated rings. The zero-order valence-corrected chi connectivity index (χ0v) is 8.21. The molecule has 1 aromatic rings. The topological polar surface area (TPSA) is 24.7 Å². The zero-order chi connectivity index (χ0) is 9.26. The van der Waals surface area contributed by atoms with E-state index in [2.05, 4.69) is 42.0 Å². The normalized spacial score (nSPS) is 23.2. The van der Waals surface area contributed by atoms with Gasteiger partial charge in [0.2, 0.25) is 0 Å². The van der Waals surface area contributed by atoms with E-state index in [1.165, 1.54) is 10.5 Å². The third-order valence-corrected chi connectivity index (χ3v) is 3.38. The highest BCUT2D eigenvalue weighted by atomic mass is 32.2. The Morgan fingerprint density at radius 1 is 1.38 bits per heavy atom. The van der Waals surface area contributed by atoms with Gasteiger partial charge in [0.1, 0.15) is 5.04 Å². The summed E-state index contributed by atoms with van der Waals surface area (Å²) in [6.07, 6.45) is 0. The summed E-state index contributed by atoms with van der Waals surface area (Å²) in [5, 5.41) is 8.62. The van der Waals surface area contributed by atoms with E-state index in [0.717, 1.165) is 5.04 Å². The number of hydrogen-bond acceptors (Lipinski definition) is 3. The van der Waals surface area contributed by atoms with Crippen LogP contribution < -0.4 is 0 Å². The second-order valence-electron chi connectivity index (χ2n) is 2.94. The van der Waals surface area contributed by atoms with Crippen LogP contribution in [0.15, 0.2) is 39.4 Å². The van der Waals surface area contributed by atoms with Gasteiger partial charge in [-0.25, -0.2) is 0 Å². The van der Waals surface area contributed by atoms with Gasteiger partial charge in [0.25, 0.3) is 0 Å². The van der Waals surface area contributed by atoms with Crippen molar-refractivity contribution in [2.45, 2.75) is 17.7 Å². The molecule has 0 spiro atoms. The Morgan fingerprint density at radius 2 is 2.15 bits per heavy atom. The van der Waals surface area contributed by atoms with E-state index in [4.69, 9.17) is 0 Å². The molecule has 1 unspecified atom stereocenters. The Kier molecular flexibility index (Phi) is 2.19. The second-order valence-corrected chi connectivity index (χ2v) is 4.00. The third kappa shape index (κ3) is 1.40. The van der Waals surface area contributed by atoms with E-state index in [1.807, 2.05) is 6.07 Å². The van der Waals surface area contributed by atoms with Crippen molar-refractivity contribution in [3.8, 4) is 0 Å². The van der Waals surface area contributed by atoms with Crippen molar-refractivity contribution in [1.29, 1.82) is 0 Å². The van der Waals surface area contributed by atoms with E-state index >= 15 is 0 Å². The lowest BCUT2D eigenvalue weighted by atomic mass is 10.0. The first-order valence-corrected chi connectivity index (χ1v) is 4.95. The molecule has 0 bridgehead atoms. The molecule has 0 saturated carbocycles. The summed E-state index contributed by atoms with van der Waals surface area (Å²) in [7, 11) is 0. The molecule has 1 aliphatic heterocycles. The van der Waals surface area contributed by atoms with Gasteiger partial charge in [-0.05, 0) is 11.6 Å². The number of benzene rings is 1. The summed E-state index contributed by atoms with van der Waals surface area (Å²) in [6.45, 7) is 5.51. The molecule has 2 rings (SSSR count). The lowest BCUT2D eigenvalue weighted by Crippen LogP contribution is -1.96. The summed E-state index contributed by atoms with van der Waals surface area (Å²) < 4.78 is 0. The molecule has 0 saturated heterocycles. The van der Waals surface area contributed by atoms with E-state index in [9.17, 15) is 0 Å². The van der Waals surface area contributed by atoms with Crippen LogP contribution in [0.25, 0.3) is 0 Å². The van der Waals surface area contributed by atoms with Crippen LogP contribution in [0, 0.1) is 0 Å². The van der Waals surface area contributed by atoms with Gasteiger partial charge in [0, 0.05) is 17.5 Å². The summed E-state index contributed by atoms with van der Waals surface area (Å²) in [6, 6.07) is 8.35. The maximum absolute atomic E-state index is 4.01. The number of rotatable bonds is 1. The fourth-order valence-corrected chi connectivity index (χ4v) is 2.58. The van der Waals surface area contributed by atoms with Gasteiger partial charge in [0.05, 0.1) is 0 Å². The molecule has 2 nitrogen and oxygen atoms in total. The Morgan fingerprint density at radius 3 is 2.85 bits per heavy atom. The van der Waals surface area contributed by atoms with Crippen LogP contribution in [0.4, 0.5) is 0 Å². The van der Waals surface area contributed by atoms with E-state index in [1.54, 1.807) is 11.8 Å². The molecule has 1 atom stereocenters. The Balaban J connectivity index is 2.43. The van der Waals surface area contributed by atoms with E-state index in [-0.39, 0.29) is 0 Å². The van der Waals surface area contributed by atoms with Gasteiger partial charge in [0.15, 0.2) is 0 Å². The average Bonchev–Trinajstić information content (AvgIpc) is 2.46. The second kappa shape index (κ2) is 3.34. The SMILES string of the molecule is C=N/N=C1\Sc2ccccc2C1C. The molecule has 1 aromatic carbocycles. The summed E-state index contributed by atoms with van der Waals surface area (Å²) in [4.78, 5) is 1.29. The van der Waals surface area contributed by atoms with Crippen molar-refractivity contribution < 1.29 is 0 Å². The molecule has 66 valence electrons. The fraction of sp³-hybridized carbons (Fsp3) is 0.200. The average molecular weight is 190 g/mol. The van der Waals surface area contributed by atoms with Crippen LogP contribution in [0.2, 0.25) is 0 Å². The summed E-state index contributed by atoms with van der Waals surface area (Å²) >= 11 is 1.69. The first-order chi connectivity index (χ1) is 6.33. The van der Waals surface area contributed by atoms with E-state index in [0.29, 0.717) is 5.92 Å². The maximum Gasteiger partial charge on any atom is 0.108 e. The van der Waals surface area contributed by atoms with Gasteiger partial charge >= 0.3 is 0 Å². The molecule has 0 radical (unpaired) electrons. The van der Waals surface area contributed by atoms with Crippen LogP contribution in [0.5, 0.6) is 0 Å². The third-order valence-electron chi connectivity index (χ3n) is 2.14. The highest BCUT2D eigenvalue weighted by molar-refractivity contribution is 8.14. The molecule has 3 heteroatoms. The number of nitrogens with zero attached hydrogens (tertiary/aromatic N) is 2. The van der Waals surface area contributed by atoms with Crippen LogP contribution in [0.3, 0.4) is 0 Å². The maximum atomic E-state index is 4.01. The lowest BCUT2D eigenvalue weighted by Gasteiger charge is -2.01. The van der Waals surface area contributed by atoms with Gasteiger partial charge in [-0.15, -0.1) is 5.10 Å². The predicted molar refractivity (Wildman–Crippen MR) is 57.7 cm³/mol. The van der Waals surface area contributed by atoms with Crippen LogP contribution >= 0.6 is 11.8 Å². The zero-order valence-electron chi connectivity index (χ0n) is 7.40. The van der Waals surface area contributed by atoms with Gasteiger partial charge in [-0.2, -0.15) is 5.10 Å². The minimum atomic E-state index is 0.367. The smallest absolute Gasteiger partial charge is 0.108 e. The van der Waals surface area contributed by atoms with Crippen molar-refractivity contribution in [3.63, 3.8) is 0 Å². The predicted octanol–water partition coefficient (Wildman–Crippen LogP) is 2.91. The van der Waals surface area contributed by atoms with Crippen LogP contribution in [0.1, 0.15) is 18.4 Å². The van der Waals surface area contributed by atoms with Gasteiger partial charge < -0.3 is 0 Å². The Bertz CT molecular complexity index is 371. The minimum Gasteiger partial charge on any atom is -0.166 e. The number of fused-ring (bicyclic) bond motifs is 1.